The summed E-state index contributed by atoms with van der Waals surface area (Å²) in [7, 11) is 0. The van der Waals surface area contributed by atoms with Crippen LogP contribution in [0.4, 0.5) is 14.7 Å². The molecule has 11 heavy (non-hydrogen) atoms. The number of H-pyrrole nitrogens is 1. The SMILES string of the molecule is Nc1nc(=S)nc(C(F)F)[nH]1. The number of halogens is 2. The van der Waals surface area contributed by atoms with Gasteiger partial charge in [0.15, 0.2) is 5.82 Å². The van der Waals surface area contributed by atoms with E-state index in [-0.39, 0.29) is 10.7 Å². The molecule has 1 heterocycles. The van der Waals surface area contributed by atoms with Crippen LogP contribution >= 0.6 is 12.2 Å². The predicted molar refractivity (Wildman–Crippen MR) is 36.6 cm³/mol. The highest BCUT2D eigenvalue weighted by Crippen LogP contribution is 2.12. The summed E-state index contributed by atoms with van der Waals surface area (Å²) < 4.78 is 23.6. The van der Waals surface area contributed by atoms with Crippen LogP contribution in [0.25, 0.3) is 0 Å². The van der Waals surface area contributed by atoms with Crippen molar-refractivity contribution in [3.8, 4) is 0 Å². The normalized spacial score (nSPS) is 10.5. The van der Waals surface area contributed by atoms with Crippen LogP contribution in [0.15, 0.2) is 0 Å². The number of anilines is 1. The van der Waals surface area contributed by atoms with Crippen LogP contribution in [0.2, 0.25) is 0 Å². The molecule has 0 unspecified atom stereocenters. The zero-order valence-corrected chi connectivity index (χ0v) is 6.03. The van der Waals surface area contributed by atoms with Crippen molar-refractivity contribution in [2.24, 2.45) is 0 Å². The second-order valence-corrected chi connectivity index (χ2v) is 2.07. The summed E-state index contributed by atoms with van der Waals surface area (Å²) in [5, 5.41) is 0. The number of nitrogen functional groups attached to an aromatic ring is 1. The zero-order valence-electron chi connectivity index (χ0n) is 5.21. The number of alkyl halides is 2. The van der Waals surface area contributed by atoms with Gasteiger partial charge in [0, 0.05) is 0 Å². The van der Waals surface area contributed by atoms with Crippen molar-refractivity contribution in [3.05, 3.63) is 10.6 Å². The van der Waals surface area contributed by atoms with Gasteiger partial charge in [-0.3, -0.25) is 0 Å². The van der Waals surface area contributed by atoms with Crippen molar-refractivity contribution in [1.29, 1.82) is 0 Å². The molecule has 0 aliphatic heterocycles. The van der Waals surface area contributed by atoms with Crippen LogP contribution < -0.4 is 5.73 Å². The van der Waals surface area contributed by atoms with Gasteiger partial charge >= 0.3 is 0 Å². The topological polar surface area (TPSA) is 67.6 Å². The monoisotopic (exact) mass is 178 g/mol. The molecule has 0 saturated carbocycles. The van der Waals surface area contributed by atoms with Crippen LogP contribution in [-0.2, 0) is 0 Å². The van der Waals surface area contributed by atoms with Crippen molar-refractivity contribution >= 4 is 18.2 Å². The van der Waals surface area contributed by atoms with Crippen molar-refractivity contribution < 1.29 is 8.78 Å². The third-order valence-electron chi connectivity index (χ3n) is 0.895. The van der Waals surface area contributed by atoms with Gasteiger partial charge < -0.3 is 10.7 Å². The van der Waals surface area contributed by atoms with Crippen LogP contribution in [0, 0.1) is 4.77 Å². The molecule has 0 fully saturated rings. The van der Waals surface area contributed by atoms with Gasteiger partial charge in [-0.15, -0.1) is 0 Å². The molecular weight excluding hydrogens is 174 g/mol. The molecule has 1 aromatic rings. The smallest absolute Gasteiger partial charge is 0.295 e. The summed E-state index contributed by atoms with van der Waals surface area (Å²) in [5.41, 5.74) is 5.09. The maximum Gasteiger partial charge on any atom is 0.295 e. The molecular formula is C4H4F2N4S. The summed E-state index contributed by atoms with van der Waals surface area (Å²) in [5.74, 6) is -0.706. The van der Waals surface area contributed by atoms with E-state index in [0.29, 0.717) is 0 Å². The van der Waals surface area contributed by atoms with Gasteiger partial charge in [0.05, 0.1) is 0 Å². The Morgan fingerprint density at radius 3 is 2.55 bits per heavy atom. The van der Waals surface area contributed by atoms with Crippen LogP contribution in [0.1, 0.15) is 12.2 Å². The van der Waals surface area contributed by atoms with Gasteiger partial charge in [0.1, 0.15) is 0 Å². The van der Waals surface area contributed by atoms with Crippen molar-refractivity contribution in [2.75, 3.05) is 5.73 Å². The third-order valence-corrected chi connectivity index (χ3v) is 1.08. The molecule has 60 valence electrons. The summed E-state index contributed by atoms with van der Waals surface area (Å²) >= 11 is 4.45. The number of nitrogens with one attached hydrogen (secondary N) is 1. The Morgan fingerprint density at radius 1 is 1.45 bits per heavy atom. The molecule has 0 aliphatic rings. The highest BCUT2D eigenvalue weighted by atomic mass is 32.1. The summed E-state index contributed by atoms with van der Waals surface area (Å²) in [6.07, 6.45) is -2.71. The first kappa shape index (κ1) is 7.99. The quantitative estimate of drug-likeness (QED) is 0.631. The van der Waals surface area contributed by atoms with Crippen molar-refractivity contribution in [2.45, 2.75) is 6.43 Å². The van der Waals surface area contributed by atoms with Gasteiger partial charge in [-0.05, 0) is 12.2 Å². The zero-order chi connectivity index (χ0) is 8.43. The van der Waals surface area contributed by atoms with Gasteiger partial charge in [-0.2, -0.15) is 9.97 Å². The Morgan fingerprint density at radius 2 is 2.09 bits per heavy atom. The molecule has 0 aromatic carbocycles. The molecule has 0 radical (unpaired) electrons. The largest absolute Gasteiger partial charge is 0.369 e. The highest BCUT2D eigenvalue weighted by Gasteiger charge is 2.09. The molecule has 0 atom stereocenters. The van der Waals surface area contributed by atoms with E-state index < -0.39 is 12.2 Å². The summed E-state index contributed by atoms with van der Waals surface area (Å²) in [4.78, 5) is 8.75. The lowest BCUT2D eigenvalue weighted by atomic mass is 10.6. The fraction of sp³-hybridized carbons (Fsp3) is 0.250. The molecule has 1 aromatic heterocycles. The van der Waals surface area contributed by atoms with Gasteiger partial charge in [-0.1, -0.05) is 0 Å². The predicted octanol–water partition coefficient (Wildman–Crippen LogP) is 1.05. The van der Waals surface area contributed by atoms with Crippen LogP contribution in [0.3, 0.4) is 0 Å². The number of aromatic nitrogens is 3. The molecule has 0 spiro atoms. The fourth-order valence-corrected chi connectivity index (χ4v) is 0.718. The summed E-state index contributed by atoms with van der Waals surface area (Å²) in [6, 6.07) is 0. The van der Waals surface area contributed by atoms with Crippen LogP contribution in [0.5, 0.6) is 0 Å². The maximum atomic E-state index is 11.9. The van der Waals surface area contributed by atoms with Crippen molar-refractivity contribution in [1.82, 2.24) is 15.0 Å². The Labute approximate surface area is 65.5 Å². The lowest BCUT2D eigenvalue weighted by Gasteiger charge is -1.98. The Bertz CT molecular complexity index is 309. The van der Waals surface area contributed by atoms with E-state index in [1.165, 1.54) is 0 Å². The first-order valence-corrected chi connectivity index (χ1v) is 3.02. The second kappa shape index (κ2) is 2.87. The maximum absolute atomic E-state index is 11.9. The van der Waals surface area contributed by atoms with Crippen LogP contribution in [-0.4, -0.2) is 15.0 Å². The molecule has 0 bridgehead atoms. The molecule has 0 aliphatic carbocycles. The van der Waals surface area contributed by atoms with E-state index in [1.54, 1.807) is 0 Å². The van der Waals surface area contributed by atoms with Crippen molar-refractivity contribution in [3.63, 3.8) is 0 Å². The fourth-order valence-electron chi connectivity index (χ4n) is 0.522. The van der Waals surface area contributed by atoms with Gasteiger partial charge in [0.25, 0.3) is 6.43 Å². The minimum absolute atomic E-state index is 0.152. The first-order valence-electron chi connectivity index (χ1n) is 2.61. The average Bonchev–Trinajstić information content (AvgIpc) is 1.85. The lowest BCUT2D eigenvalue weighted by Crippen LogP contribution is -2.02. The number of nitrogens with two attached hydrogens (primary N) is 1. The Hall–Kier alpha value is -1.11. The number of nitrogens with zero attached hydrogens (tertiary/aromatic N) is 2. The number of hydrogen-bond acceptors (Lipinski definition) is 4. The Balaban J connectivity index is 3.19. The summed E-state index contributed by atoms with van der Waals surface area (Å²) in [6.45, 7) is 0. The van der Waals surface area contributed by atoms with E-state index >= 15 is 0 Å². The van der Waals surface area contributed by atoms with Gasteiger partial charge in [0.2, 0.25) is 10.7 Å². The van der Waals surface area contributed by atoms with E-state index in [9.17, 15) is 8.78 Å². The molecule has 7 heteroatoms. The molecule has 4 nitrogen and oxygen atoms in total. The van der Waals surface area contributed by atoms with Gasteiger partial charge in [-0.25, -0.2) is 8.78 Å². The Kier molecular flexibility index (Phi) is 2.08. The standard InChI is InChI=1S/C4H4F2N4S/c5-1(6)2-8-3(7)10-4(11)9-2/h1H,(H3,7,8,9,10,11). The average molecular weight is 178 g/mol. The third kappa shape index (κ3) is 1.90. The molecule has 1 rings (SSSR count). The van der Waals surface area contributed by atoms with E-state index in [4.69, 9.17) is 5.73 Å². The van der Waals surface area contributed by atoms with E-state index in [2.05, 4.69) is 27.2 Å². The molecule has 3 N–H and O–H groups in total. The second-order valence-electron chi connectivity index (χ2n) is 1.70. The van der Waals surface area contributed by atoms with E-state index in [0.717, 1.165) is 0 Å². The molecule has 0 amide bonds. The highest BCUT2D eigenvalue weighted by molar-refractivity contribution is 7.71. The van der Waals surface area contributed by atoms with E-state index in [1.807, 2.05) is 0 Å². The number of hydrogen-bond donors (Lipinski definition) is 2. The first-order chi connectivity index (χ1) is 5.09. The minimum Gasteiger partial charge on any atom is -0.369 e. The lowest BCUT2D eigenvalue weighted by molar-refractivity contribution is 0.140. The number of aromatic amines is 1. The molecule has 0 saturated heterocycles. The number of rotatable bonds is 1. The minimum atomic E-state index is -2.71.